The Kier molecular flexibility index (Phi) is 4.93. The van der Waals surface area contributed by atoms with Crippen LogP contribution in [0.1, 0.15) is 70.6 Å². The van der Waals surface area contributed by atoms with E-state index in [1.165, 1.54) is 49.9 Å². The quantitative estimate of drug-likeness (QED) is 0.792. The Hall–Kier alpha value is -1.43. The van der Waals surface area contributed by atoms with Crippen LogP contribution in [0.2, 0.25) is 0 Å². The van der Waals surface area contributed by atoms with Gasteiger partial charge in [-0.15, -0.1) is 11.3 Å². The highest BCUT2D eigenvalue weighted by Crippen LogP contribution is 2.60. The number of anilines is 1. The van der Waals surface area contributed by atoms with Crippen molar-refractivity contribution in [3.63, 3.8) is 0 Å². The van der Waals surface area contributed by atoms with Crippen molar-refractivity contribution >= 4 is 28.3 Å². The first kappa shape index (κ1) is 18.6. The molecule has 1 N–H and O–H groups in total. The second kappa shape index (κ2) is 7.43. The van der Waals surface area contributed by atoms with Crippen LogP contribution in [-0.4, -0.2) is 34.3 Å². The van der Waals surface area contributed by atoms with Crippen molar-refractivity contribution in [2.45, 2.75) is 76.7 Å². The number of carbonyl (C=O) groups is 2. The van der Waals surface area contributed by atoms with Gasteiger partial charge in [-0.05, 0) is 69.1 Å². The van der Waals surface area contributed by atoms with Gasteiger partial charge in [-0.1, -0.05) is 19.3 Å². The standard InChI is InChI=1S/C22H31N3O2S/c26-19(24-21-23-6-7-28-21)14-25(18-4-2-1-3-5-18)20(27)22-11-15-8-16(12-22)10-17(9-15)13-22/h6-7,15-18H,1-5,8-14H2,(H,23,24,26). The molecule has 2 amide bonds. The Morgan fingerprint density at radius 1 is 1.07 bits per heavy atom. The average molecular weight is 402 g/mol. The SMILES string of the molecule is O=C(CN(C(=O)C12CC3CC(CC(C3)C1)C2)C1CCCCC1)Nc1nccs1. The summed E-state index contributed by atoms with van der Waals surface area (Å²) in [6.45, 7) is 0.185. The van der Waals surface area contributed by atoms with Crippen LogP contribution < -0.4 is 5.32 Å². The molecule has 5 saturated carbocycles. The van der Waals surface area contributed by atoms with Gasteiger partial charge in [0.1, 0.15) is 6.54 Å². The molecule has 0 aromatic carbocycles. The van der Waals surface area contributed by atoms with Gasteiger partial charge in [-0.3, -0.25) is 9.59 Å². The van der Waals surface area contributed by atoms with E-state index >= 15 is 0 Å². The molecule has 1 aromatic rings. The number of aromatic nitrogens is 1. The largest absolute Gasteiger partial charge is 0.330 e. The number of thiazole rings is 1. The molecule has 5 aliphatic carbocycles. The average Bonchev–Trinajstić information content (AvgIpc) is 3.18. The summed E-state index contributed by atoms with van der Waals surface area (Å²) in [6.07, 6.45) is 14.6. The third kappa shape index (κ3) is 3.49. The molecule has 4 bridgehead atoms. The summed E-state index contributed by atoms with van der Waals surface area (Å²) in [5.74, 6) is 2.43. The Labute approximate surface area is 171 Å². The van der Waals surface area contributed by atoms with Crippen LogP contribution in [0.15, 0.2) is 11.6 Å². The summed E-state index contributed by atoms with van der Waals surface area (Å²) in [5, 5.41) is 5.37. The normalized spacial score (nSPS) is 34.4. The van der Waals surface area contributed by atoms with E-state index in [4.69, 9.17) is 0 Å². The molecule has 5 fully saturated rings. The number of nitrogens with zero attached hydrogens (tertiary/aromatic N) is 2. The molecule has 28 heavy (non-hydrogen) atoms. The van der Waals surface area contributed by atoms with Crippen molar-refractivity contribution in [1.82, 2.24) is 9.88 Å². The van der Waals surface area contributed by atoms with E-state index in [0.29, 0.717) is 11.0 Å². The van der Waals surface area contributed by atoms with E-state index in [1.54, 1.807) is 6.20 Å². The van der Waals surface area contributed by atoms with Gasteiger partial charge in [0.15, 0.2) is 5.13 Å². The fourth-order valence-electron chi connectivity index (χ4n) is 7.04. The van der Waals surface area contributed by atoms with Crippen LogP contribution in [0.4, 0.5) is 5.13 Å². The number of carbonyl (C=O) groups excluding carboxylic acids is 2. The van der Waals surface area contributed by atoms with Gasteiger partial charge in [-0.25, -0.2) is 4.98 Å². The molecule has 5 nitrogen and oxygen atoms in total. The zero-order valence-corrected chi connectivity index (χ0v) is 17.4. The van der Waals surface area contributed by atoms with E-state index in [-0.39, 0.29) is 23.9 Å². The summed E-state index contributed by atoms with van der Waals surface area (Å²) >= 11 is 1.42. The zero-order chi connectivity index (χ0) is 19.1. The number of hydrogen-bond acceptors (Lipinski definition) is 4. The maximum absolute atomic E-state index is 14.0. The number of nitrogens with one attached hydrogen (secondary N) is 1. The molecular formula is C22H31N3O2S. The van der Waals surface area contributed by atoms with Crippen molar-refractivity contribution in [2.75, 3.05) is 11.9 Å². The monoisotopic (exact) mass is 401 g/mol. The molecule has 0 unspecified atom stereocenters. The van der Waals surface area contributed by atoms with Gasteiger partial charge in [0.05, 0.1) is 5.41 Å². The van der Waals surface area contributed by atoms with Crippen molar-refractivity contribution in [3.8, 4) is 0 Å². The lowest BCUT2D eigenvalue weighted by Crippen LogP contribution is -2.57. The van der Waals surface area contributed by atoms with E-state index in [0.717, 1.165) is 49.9 Å². The highest BCUT2D eigenvalue weighted by molar-refractivity contribution is 7.13. The lowest BCUT2D eigenvalue weighted by atomic mass is 9.49. The molecule has 0 spiro atoms. The van der Waals surface area contributed by atoms with E-state index in [2.05, 4.69) is 10.3 Å². The first-order chi connectivity index (χ1) is 13.6. The predicted molar refractivity (Wildman–Crippen MR) is 110 cm³/mol. The third-order valence-electron chi connectivity index (χ3n) is 7.76. The van der Waals surface area contributed by atoms with Crippen LogP contribution in [0, 0.1) is 23.2 Å². The van der Waals surface area contributed by atoms with E-state index in [9.17, 15) is 9.59 Å². The second-order valence-corrected chi connectivity index (χ2v) is 10.7. The Bertz CT molecular complexity index is 691. The van der Waals surface area contributed by atoms with Gasteiger partial charge in [0, 0.05) is 17.6 Å². The first-order valence-corrected chi connectivity index (χ1v) is 12.0. The molecule has 5 aliphatic rings. The Balaban J connectivity index is 1.36. The topological polar surface area (TPSA) is 62.3 Å². The summed E-state index contributed by atoms with van der Waals surface area (Å²) in [5.41, 5.74) is -0.173. The smallest absolute Gasteiger partial charge is 0.245 e. The van der Waals surface area contributed by atoms with Crippen molar-refractivity contribution in [3.05, 3.63) is 11.6 Å². The summed E-state index contributed by atoms with van der Waals surface area (Å²) in [6, 6.07) is 0.233. The predicted octanol–water partition coefficient (Wildman–Crippen LogP) is 4.46. The highest BCUT2D eigenvalue weighted by Gasteiger charge is 2.56. The molecular weight excluding hydrogens is 370 g/mol. The summed E-state index contributed by atoms with van der Waals surface area (Å²) in [7, 11) is 0. The van der Waals surface area contributed by atoms with Crippen molar-refractivity contribution in [2.24, 2.45) is 23.2 Å². The van der Waals surface area contributed by atoms with Crippen LogP contribution in [0.25, 0.3) is 0 Å². The van der Waals surface area contributed by atoms with Crippen molar-refractivity contribution < 1.29 is 9.59 Å². The molecule has 152 valence electrons. The van der Waals surface area contributed by atoms with Crippen molar-refractivity contribution in [1.29, 1.82) is 0 Å². The number of amides is 2. The van der Waals surface area contributed by atoms with Gasteiger partial charge >= 0.3 is 0 Å². The molecule has 0 aliphatic heterocycles. The maximum atomic E-state index is 14.0. The zero-order valence-electron chi connectivity index (χ0n) is 16.6. The van der Waals surface area contributed by atoms with Gasteiger partial charge < -0.3 is 10.2 Å². The summed E-state index contributed by atoms with van der Waals surface area (Å²) in [4.78, 5) is 32.9. The van der Waals surface area contributed by atoms with Crippen LogP contribution in [0.5, 0.6) is 0 Å². The summed E-state index contributed by atoms with van der Waals surface area (Å²) < 4.78 is 0. The Morgan fingerprint density at radius 2 is 1.71 bits per heavy atom. The lowest BCUT2D eigenvalue weighted by Gasteiger charge is -2.57. The molecule has 6 rings (SSSR count). The molecule has 1 heterocycles. The minimum Gasteiger partial charge on any atom is -0.330 e. The highest BCUT2D eigenvalue weighted by atomic mass is 32.1. The molecule has 6 heteroatoms. The number of rotatable bonds is 5. The van der Waals surface area contributed by atoms with E-state index in [1.807, 2.05) is 10.3 Å². The maximum Gasteiger partial charge on any atom is 0.245 e. The second-order valence-electron chi connectivity index (χ2n) is 9.81. The van der Waals surface area contributed by atoms with Crippen LogP contribution in [-0.2, 0) is 9.59 Å². The molecule has 1 aromatic heterocycles. The van der Waals surface area contributed by atoms with E-state index < -0.39 is 0 Å². The molecule has 0 atom stereocenters. The lowest BCUT2D eigenvalue weighted by molar-refractivity contribution is -0.162. The fourth-order valence-corrected chi connectivity index (χ4v) is 7.58. The van der Waals surface area contributed by atoms with Gasteiger partial charge in [0.2, 0.25) is 11.8 Å². The first-order valence-electron chi connectivity index (χ1n) is 11.1. The minimum absolute atomic E-state index is 0.0985. The molecule has 0 radical (unpaired) electrons. The molecule has 0 saturated heterocycles. The fraction of sp³-hybridized carbons (Fsp3) is 0.773. The van der Waals surface area contributed by atoms with Gasteiger partial charge in [-0.2, -0.15) is 0 Å². The van der Waals surface area contributed by atoms with Crippen LogP contribution >= 0.6 is 11.3 Å². The number of hydrogen-bond donors (Lipinski definition) is 1. The Morgan fingerprint density at radius 3 is 2.29 bits per heavy atom. The third-order valence-corrected chi connectivity index (χ3v) is 8.45. The van der Waals surface area contributed by atoms with Gasteiger partial charge in [0.25, 0.3) is 0 Å². The minimum atomic E-state index is -0.173. The van der Waals surface area contributed by atoms with Crippen LogP contribution in [0.3, 0.4) is 0 Å².